The molecule has 2 aromatic rings. The molecule has 0 atom stereocenters. The normalized spacial score (nSPS) is 11.8. The fourth-order valence-corrected chi connectivity index (χ4v) is 2.09. The summed E-state index contributed by atoms with van der Waals surface area (Å²) in [5.41, 5.74) is -1.10. The zero-order valence-electron chi connectivity index (χ0n) is 15.2. The standard InChI is InChI=1S/C17H21F3N4O2/c1-16(2,3)24-15-22-13(17(18,19)20)9-14(23-15)21-11-7-6-10(25-4)8-12(11)26-5/h6-9H,1-5H3,(H2,21,22,23,24). The van der Waals surface area contributed by atoms with Crippen LogP contribution in [0.2, 0.25) is 0 Å². The molecule has 0 spiro atoms. The van der Waals surface area contributed by atoms with E-state index in [0.29, 0.717) is 17.2 Å². The quantitative estimate of drug-likeness (QED) is 0.810. The highest BCUT2D eigenvalue weighted by Gasteiger charge is 2.34. The van der Waals surface area contributed by atoms with Crippen molar-refractivity contribution in [2.75, 3.05) is 24.9 Å². The number of anilines is 3. The van der Waals surface area contributed by atoms with Crippen molar-refractivity contribution in [3.8, 4) is 11.5 Å². The molecule has 0 bridgehead atoms. The van der Waals surface area contributed by atoms with Gasteiger partial charge in [-0.15, -0.1) is 0 Å². The maximum absolute atomic E-state index is 13.2. The van der Waals surface area contributed by atoms with Crippen molar-refractivity contribution in [1.29, 1.82) is 0 Å². The Bertz CT molecular complexity index is 774. The van der Waals surface area contributed by atoms with Gasteiger partial charge in [-0.1, -0.05) is 0 Å². The van der Waals surface area contributed by atoms with Gasteiger partial charge < -0.3 is 20.1 Å². The van der Waals surface area contributed by atoms with E-state index < -0.39 is 17.4 Å². The van der Waals surface area contributed by atoms with Crippen LogP contribution < -0.4 is 20.1 Å². The summed E-state index contributed by atoms with van der Waals surface area (Å²) in [6.07, 6.45) is -4.60. The number of rotatable bonds is 5. The Labute approximate surface area is 149 Å². The minimum absolute atomic E-state index is 0.0115. The SMILES string of the molecule is COc1ccc(Nc2cc(C(F)(F)F)nc(NC(C)(C)C)n2)c(OC)c1. The van der Waals surface area contributed by atoms with Crippen LogP contribution in [0.25, 0.3) is 0 Å². The molecule has 2 rings (SSSR count). The number of methoxy groups -OCH3 is 2. The van der Waals surface area contributed by atoms with E-state index in [9.17, 15) is 13.2 Å². The fourth-order valence-electron chi connectivity index (χ4n) is 2.09. The van der Waals surface area contributed by atoms with E-state index in [1.807, 2.05) is 0 Å². The lowest BCUT2D eigenvalue weighted by atomic mass is 10.1. The molecule has 0 aliphatic carbocycles. The number of ether oxygens (including phenoxy) is 2. The Hall–Kier alpha value is -2.71. The maximum Gasteiger partial charge on any atom is 0.433 e. The van der Waals surface area contributed by atoms with Gasteiger partial charge in [-0.05, 0) is 32.9 Å². The van der Waals surface area contributed by atoms with Crippen LogP contribution in [0.3, 0.4) is 0 Å². The molecule has 0 radical (unpaired) electrons. The first-order valence-corrected chi connectivity index (χ1v) is 7.75. The molecule has 0 unspecified atom stereocenters. The minimum Gasteiger partial charge on any atom is -0.497 e. The molecule has 0 aliphatic rings. The number of nitrogens with one attached hydrogen (secondary N) is 2. The molecule has 142 valence electrons. The van der Waals surface area contributed by atoms with E-state index in [1.54, 1.807) is 39.0 Å². The molecule has 0 amide bonds. The van der Waals surface area contributed by atoms with Crippen molar-refractivity contribution in [3.05, 3.63) is 30.0 Å². The third-order valence-corrected chi connectivity index (χ3v) is 3.17. The van der Waals surface area contributed by atoms with Crippen LogP contribution in [0.1, 0.15) is 26.5 Å². The summed E-state index contributed by atoms with van der Waals surface area (Å²) in [6, 6.07) is 5.74. The van der Waals surface area contributed by atoms with Crippen LogP contribution in [0.5, 0.6) is 11.5 Å². The molecule has 0 saturated carbocycles. The summed E-state index contributed by atoms with van der Waals surface area (Å²) in [5, 5.41) is 5.69. The van der Waals surface area contributed by atoms with E-state index in [2.05, 4.69) is 20.6 Å². The number of aromatic nitrogens is 2. The van der Waals surface area contributed by atoms with Crippen molar-refractivity contribution < 1.29 is 22.6 Å². The van der Waals surface area contributed by atoms with E-state index in [-0.39, 0.29) is 11.8 Å². The number of nitrogens with zero attached hydrogens (tertiary/aromatic N) is 2. The monoisotopic (exact) mass is 370 g/mol. The molecule has 0 fully saturated rings. The smallest absolute Gasteiger partial charge is 0.433 e. The summed E-state index contributed by atoms with van der Waals surface area (Å²) in [4.78, 5) is 7.69. The third-order valence-electron chi connectivity index (χ3n) is 3.17. The average molecular weight is 370 g/mol. The highest BCUT2D eigenvalue weighted by molar-refractivity contribution is 5.66. The molecule has 0 saturated heterocycles. The molecule has 2 N–H and O–H groups in total. The van der Waals surface area contributed by atoms with Crippen molar-refractivity contribution in [2.45, 2.75) is 32.5 Å². The number of hydrogen-bond donors (Lipinski definition) is 2. The Kier molecular flexibility index (Phi) is 5.48. The predicted molar refractivity (Wildman–Crippen MR) is 93.2 cm³/mol. The van der Waals surface area contributed by atoms with Crippen LogP contribution in [-0.2, 0) is 6.18 Å². The van der Waals surface area contributed by atoms with Crippen LogP contribution in [-0.4, -0.2) is 29.7 Å². The summed E-state index contributed by atoms with van der Waals surface area (Å²) in [5.74, 6) is 0.827. The zero-order chi connectivity index (χ0) is 19.5. The van der Waals surface area contributed by atoms with E-state index >= 15 is 0 Å². The van der Waals surface area contributed by atoms with Gasteiger partial charge in [-0.2, -0.15) is 18.2 Å². The molecular formula is C17H21F3N4O2. The Morgan fingerprint density at radius 2 is 1.65 bits per heavy atom. The van der Waals surface area contributed by atoms with E-state index in [1.165, 1.54) is 14.2 Å². The Morgan fingerprint density at radius 3 is 2.19 bits per heavy atom. The van der Waals surface area contributed by atoms with Gasteiger partial charge in [0.15, 0.2) is 5.69 Å². The third kappa shape index (κ3) is 5.14. The Balaban J connectivity index is 2.44. The van der Waals surface area contributed by atoms with Gasteiger partial charge in [0.2, 0.25) is 5.95 Å². The first-order valence-electron chi connectivity index (χ1n) is 7.75. The second-order valence-corrected chi connectivity index (χ2v) is 6.53. The van der Waals surface area contributed by atoms with Gasteiger partial charge in [0.1, 0.15) is 17.3 Å². The molecule has 1 aromatic carbocycles. The summed E-state index contributed by atoms with van der Waals surface area (Å²) >= 11 is 0. The largest absolute Gasteiger partial charge is 0.497 e. The lowest BCUT2D eigenvalue weighted by Crippen LogP contribution is -2.28. The first kappa shape index (κ1) is 19.6. The van der Waals surface area contributed by atoms with Crippen LogP contribution in [0.4, 0.5) is 30.6 Å². The summed E-state index contributed by atoms with van der Waals surface area (Å²) in [7, 11) is 2.96. The van der Waals surface area contributed by atoms with Gasteiger partial charge in [0, 0.05) is 17.7 Å². The van der Waals surface area contributed by atoms with Crippen LogP contribution >= 0.6 is 0 Å². The molecular weight excluding hydrogens is 349 g/mol. The van der Waals surface area contributed by atoms with Crippen LogP contribution in [0, 0.1) is 0 Å². The Morgan fingerprint density at radius 1 is 0.962 bits per heavy atom. The zero-order valence-corrected chi connectivity index (χ0v) is 15.2. The number of alkyl halides is 3. The second-order valence-electron chi connectivity index (χ2n) is 6.53. The molecule has 9 heteroatoms. The van der Waals surface area contributed by atoms with Crippen molar-refractivity contribution in [2.24, 2.45) is 0 Å². The maximum atomic E-state index is 13.2. The van der Waals surface area contributed by atoms with Gasteiger partial charge in [-0.25, -0.2) is 4.98 Å². The highest BCUT2D eigenvalue weighted by atomic mass is 19.4. The summed E-state index contributed by atoms with van der Waals surface area (Å²) < 4.78 is 49.9. The van der Waals surface area contributed by atoms with Crippen molar-refractivity contribution in [1.82, 2.24) is 9.97 Å². The van der Waals surface area contributed by atoms with Crippen molar-refractivity contribution >= 4 is 17.5 Å². The van der Waals surface area contributed by atoms with Gasteiger partial charge in [0.25, 0.3) is 0 Å². The number of halogens is 3. The molecule has 6 nitrogen and oxygen atoms in total. The number of benzene rings is 1. The van der Waals surface area contributed by atoms with E-state index in [4.69, 9.17) is 9.47 Å². The first-order chi connectivity index (χ1) is 12.0. The van der Waals surface area contributed by atoms with Gasteiger partial charge in [0.05, 0.1) is 19.9 Å². The van der Waals surface area contributed by atoms with Crippen molar-refractivity contribution in [3.63, 3.8) is 0 Å². The van der Waals surface area contributed by atoms with Gasteiger partial charge in [-0.3, -0.25) is 0 Å². The molecule has 0 aliphatic heterocycles. The number of hydrogen-bond acceptors (Lipinski definition) is 6. The molecule has 1 heterocycles. The average Bonchev–Trinajstić information content (AvgIpc) is 2.52. The van der Waals surface area contributed by atoms with Crippen LogP contribution in [0.15, 0.2) is 24.3 Å². The molecule has 26 heavy (non-hydrogen) atoms. The topological polar surface area (TPSA) is 68.3 Å². The predicted octanol–water partition coefficient (Wildman–Crippen LogP) is 4.47. The lowest BCUT2D eigenvalue weighted by molar-refractivity contribution is -0.141. The highest BCUT2D eigenvalue weighted by Crippen LogP contribution is 2.34. The molecule has 1 aromatic heterocycles. The second kappa shape index (κ2) is 7.27. The van der Waals surface area contributed by atoms with Gasteiger partial charge >= 0.3 is 6.18 Å². The lowest BCUT2D eigenvalue weighted by Gasteiger charge is -2.22. The fraction of sp³-hybridized carbons (Fsp3) is 0.412. The summed E-state index contributed by atoms with van der Waals surface area (Å²) in [6.45, 7) is 5.41. The minimum atomic E-state index is -4.60. The van der Waals surface area contributed by atoms with E-state index in [0.717, 1.165) is 6.07 Å².